The zero-order valence-electron chi connectivity index (χ0n) is 15.9. The van der Waals surface area contributed by atoms with Crippen molar-refractivity contribution in [2.75, 3.05) is 27.2 Å². The zero-order valence-corrected chi connectivity index (χ0v) is 16.7. The minimum atomic E-state index is 0. The summed E-state index contributed by atoms with van der Waals surface area (Å²) < 4.78 is 0.796. The van der Waals surface area contributed by atoms with Crippen LogP contribution in [0.1, 0.15) is 75.1 Å². The third-order valence-corrected chi connectivity index (χ3v) is 4.53. The number of Topliss-reactive ketones (excluding diaryl/α,β-unsaturated/α-hetero) is 1. The molecule has 24 heavy (non-hydrogen) atoms. The molecule has 1 aromatic carbocycles. The Morgan fingerprint density at radius 1 is 0.833 bits per heavy atom. The van der Waals surface area contributed by atoms with Gasteiger partial charge >= 0.3 is 0 Å². The number of unbranched alkanes of at least 4 members (excludes halogenated alkanes) is 8. The molecule has 0 heterocycles. The molecule has 0 bridgehead atoms. The van der Waals surface area contributed by atoms with Crippen LogP contribution in [0.25, 0.3) is 0 Å². The Balaban J connectivity index is 0.00000529. The lowest BCUT2D eigenvalue weighted by molar-refractivity contribution is -0.882. The lowest BCUT2D eigenvalue weighted by Crippen LogP contribution is -3.00. The summed E-state index contributed by atoms with van der Waals surface area (Å²) in [5.41, 5.74) is 0.839. The summed E-state index contributed by atoms with van der Waals surface area (Å²) in [7, 11) is 4.34. The Kier molecular flexibility index (Phi) is 13.0. The van der Waals surface area contributed by atoms with Gasteiger partial charge in [0.25, 0.3) is 0 Å². The number of rotatable bonds is 13. The van der Waals surface area contributed by atoms with E-state index in [0.717, 1.165) is 16.6 Å². The first-order chi connectivity index (χ1) is 11.0. The molecule has 0 fully saturated rings. The van der Waals surface area contributed by atoms with Crippen LogP contribution in [0, 0.1) is 0 Å². The second-order valence-corrected chi connectivity index (χ2v) is 7.44. The molecule has 0 aliphatic rings. The second kappa shape index (κ2) is 13.4. The number of carbonyl (C=O) groups excluding carboxylic acids is 1. The summed E-state index contributed by atoms with van der Waals surface area (Å²) in [5.74, 6) is 0.256. The summed E-state index contributed by atoms with van der Waals surface area (Å²) in [5, 5.41) is 0. The van der Waals surface area contributed by atoms with Crippen molar-refractivity contribution in [3.8, 4) is 0 Å². The van der Waals surface area contributed by atoms with Crippen LogP contribution in [-0.4, -0.2) is 37.5 Å². The predicted molar refractivity (Wildman–Crippen MR) is 99.8 cm³/mol. The highest BCUT2D eigenvalue weighted by molar-refractivity contribution is 5.96. The number of likely N-dealkylation sites (N-methyl/N-ethyl adjacent to an activating group) is 1. The monoisotopic (exact) mass is 353 g/mol. The van der Waals surface area contributed by atoms with Crippen LogP contribution >= 0.6 is 0 Å². The standard InChI is InChI=1S/C21H36NO.ClH/c1-4-5-6-7-8-9-10-11-15-18-22(2,3)19-21(23)20-16-13-12-14-17-20;/h12-14,16-17H,4-11,15,18-19H2,1-3H3;1H/q+1;/p-1. The van der Waals surface area contributed by atoms with Gasteiger partial charge in [-0.3, -0.25) is 4.79 Å². The molecule has 1 rings (SSSR count). The molecule has 0 saturated carbocycles. The summed E-state index contributed by atoms with van der Waals surface area (Å²) in [4.78, 5) is 12.3. The maximum atomic E-state index is 12.3. The van der Waals surface area contributed by atoms with Crippen molar-refractivity contribution in [1.29, 1.82) is 0 Å². The molecule has 0 saturated heterocycles. The molecular weight excluding hydrogens is 318 g/mol. The fourth-order valence-corrected chi connectivity index (χ4v) is 3.03. The lowest BCUT2D eigenvalue weighted by Gasteiger charge is -2.29. The van der Waals surface area contributed by atoms with E-state index in [1.165, 1.54) is 57.8 Å². The zero-order chi connectivity index (χ0) is 17.0. The van der Waals surface area contributed by atoms with Gasteiger partial charge in [-0.2, -0.15) is 0 Å². The molecular formula is C21H36ClNO. The summed E-state index contributed by atoms with van der Waals surface area (Å²) in [6.45, 7) is 3.96. The Labute approximate surface area is 155 Å². The molecule has 0 aliphatic heterocycles. The van der Waals surface area contributed by atoms with Crippen LogP contribution in [-0.2, 0) is 0 Å². The van der Waals surface area contributed by atoms with Crippen molar-refractivity contribution in [3.05, 3.63) is 35.9 Å². The van der Waals surface area contributed by atoms with Gasteiger partial charge in [0.15, 0.2) is 0 Å². The number of hydrogen-bond acceptors (Lipinski definition) is 1. The van der Waals surface area contributed by atoms with E-state index < -0.39 is 0 Å². The van der Waals surface area contributed by atoms with Crippen LogP contribution in [0.3, 0.4) is 0 Å². The highest BCUT2D eigenvalue weighted by Crippen LogP contribution is 2.12. The van der Waals surface area contributed by atoms with Crippen LogP contribution in [0.5, 0.6) is 0 Å². The van der Waals surface area contributed by atoms with E-state index >= 15 is 0 Å². The molecule has 2 nitrogen and oxygen atoms in total. The van der Waals surface area contributed by atoms with Gasteiger partial charge in [-0.25, -0.2) is 0 Å². The smallest absolute Gasteiger partial charge is 0.216 e. The first-order valence-electron chi connectivity index (χ1n) is 9.45. The van der Waals surface area contributed by atoms with Crippen molar-refractivity contribution < 1.29 is 21.7 Å². The third kappa shape index (κ3) is 10.8. The Hall–Kier alpha value is -0.860. The fraction of sp³-hybridized carbons (Fsp3) is 0.667. The SMILES string of the molecule is CCCCCCCCCCC[N+](C)(C)CC(=O)c1ccccc1.[Cl-]. The molecule has 138 valence electrons. The lowest BCUT2D eigenvalue weighted by atomic mass is 10.1. The number of quaternary nitrogens is 1. The minimum Gasteiger partial charge on any atom is -1.00 e. The van der Waals surface area contributed by atoms with Crippen molar-refractivity contribution in [2.24, 2.45) is 0 Å². The fourth-order valence-electron chi connectivity index (χ4n) is 3.03. The van der Waals surface area contributed by atoms with E-state index in [1.807, 2.05) is 30.3 Å². The molecule has 0 aromatic heterocycles. The van der Waals surface area contributed by atoms with Gasteiger partial charge in [-0.15, -0.1) is 0 Å². The van der Waals surface area contributed by atoms with Gasteiger partial charge in [0.05, 0.1) is 20.6 Å². The van der Waals surface area contributed by atoms with E-state index in [1.54, 1.807) is 0 Å². The Bertz CT molecular complexity index is 431. The summed E-state index contributed by atoms with van der Waals surface area (Å²) in [6, 6.07) is 9.67. The number of nitrogens with zero attached hydrogens (tertiary/aromatic N) is 1. The van der Waals surface area contributed by atoms with Crippen molar-refractivity contribution in [2.45, 2.75) is 64.7 Å². The highest BCUT2D eigenvalue weighted by atomic mass is 35.5. The first-order valence-corrected chi connectivity index (χ1v) is 9.45. The molecule has 3 heteroatoms. The maximum Gasteiger partial charge on any atom is 0.216 e. The first kappa shape index (κ1) is 23.1. The maximum absolute atomic E-state index is 12.3. The number of benzene rings is 1. The molecule has 0 aliphatic carbocycles. The third-order valence-electron chi connectivity index (χ3n) is 4.53. The second-order valence-electron chi connectivity index (χ2n) is 7.44. The number of ketones is 1. The highest BCUT2D eigenvalue weighted by Gasteiger charge is 2.20. The summed E-state index contributed by atoms with van der Waals surface area (Å²) in [6.07, 6.45) is 12.2. The summed E-state index contributed by atoms with van der Waals surface area (Å²) >= 11 is 0. The predicted octanol–water partition coefficient (Wildman–Crippen LogP) is 2.48. The molecule has 0 unspecified atom stereocenters. The van der Waals surface area contributed by atoms with E-state index in [2.05, 4.69) is 21.0 Å². The van der Waals surface area contributed by atoms with Crippen molar-refractivity contribution >= 4 is 5.78 Å². The van der Waals surface area contributed by atoms with E-state index in [4.69, 9.17) is 0 Å². The average molecular weight is 354 g/mol. The Morgan fingerprint density at radius 2 is 1.33 bits per heavy atom. The van der Waals surface area contributed by atoms with Crippen LogP contribution in [0.4, 0.5) is 0 Å². The van der Waals surface area contributed by atoms with Gasteiger partial charge in [-0.1, -0.05) is 82.2 Å². The molecule has 0 spiro atoms. The molecule has 0 N–H and O–H groups in total. The van der Waals surface area contributed by atoms with Gasteiger partial charge in [0.2, 0.25) is 5.78 Å². The van der Waals surface area contributed by atoms with Crippen molar-refractivity contribution in [1.82, 2.24) is 0 Å². The van der Waals surface area contributed by atoms with E-state index in [9.17, 15) is 4.79 Å². The molecule has 0 atom stereocenters. The average Bonchev–Trinajstić information content (AvgIpc) is 2.53. The normalized spacial score (nSPS) is 11.1. The largest absolute Gasteiger partial charge is 1.00 e. The van der Waals surface area contributed by atoms with Gasteiger partial charge in [-0.05, 0) is 12.8 Å². The van der Waals surface area contributed by atoms with Gasteiger partial charge in [0, 0.05) is 5.56 Å². The molecule has 0 radical (unpaired) electrons. The number of hydrogen-bond donors (Lipinski definition) is 0. The molecule has 1 aromatic rings. The van der Waals surface area contributed by atoms with Crippen LogP contribution < -0.4 is 12.4 Å². The van der Waals surface area contributed by atoms with E-state index in [0.29, 0.717) is 6.54 Å². The topological polar surface area (TPSA) is 17.1 Å². The van der Waals surface area contributed by atoms with E-state index in [-0.39, 0.29) is 18.2 Å². The minimum absolute atomic E-state index is 0. The number of halogens is 1. The number of carbonyl (C=O) groups is 1. The van der Waals surface area contributed by atoms with Crippen LogP contribution in [0.15, 0.2) is 30.3 Å². The molecule has 0 amide bonds. The Morgan fingerprint density at radius 3 is 1.88 bits per heavy atom. The quantitative estimate of drug-likeness (QED) is 0.302. The van der Waals surface area contributed by atoms with Gasteiger partial charge < -0.3 is 16.9 Å². The van der Waals surface area contributed by atoms with Crippen LogP contribution in [0.2, 0.25) is 0 Å². The van der Waals surface area contributed by atoms with Crippen molar-refractivity contribution in [3.63, 3.8) is 0 Å². The van der Waals surface area contributed by atoms with Gasteiger partial charge in [0.1, 0.15) is 6.54 Å².